The number of aryl methyl sites for hydroxylation is 2. The SMILES string of the molecule is Cc1ccc(Cn2cc(CCCC(=O)NCCN3CCOCC3)c3ccccc32)cc1. The maximum Gasteiger partial charge on any atom is 0.220 e. The first-order valence-corrected chi connectivity index (χ1v) is 11.4. The van der Waals surface area contributed by atoms with Crippen LogP contribution in [0.2, 0.25) is 0 Å². The van der Waals surface area contributed by atoms with Crippen molar-refractivity contribution in [1.82, 2.24) is 14.8 Å². The quantitative estimate of drug-likeness (QED) is 0.574. The number of hydrogen-bond acceptors (Lipinski definition) is 3. The van der Waals surface area contributed by atoms with E-state index in [0.29, 0.717) is 13.0 Å². The summed E-state index contributed by atoms with van der Waals surface area (Å²) in [4.78, 5) is 14.6. The van der Waals surface area contributed by atoms with Crippen LogP contribution in [-0.4, -0.2) is 54.8 Å². The van der Waals surface area contributed by atoms with Gasteiger partial charge in [-0.15, -0.1) is 0 Å². The van der Waals surface area contributed by atoms with Gasteiger partial charge in [0.2, 0.25) is 5.91 Å². The Bertz CT molecular complexity index is 988. The number of aromatic nitrogens is 1. The number of hydrogen-bond donors (Lipinski definition) is 1. The number of carbonyl (C=O) groups is 1. The fourth-order valence-electron chi connectivity index (χ4n) is 4.25. The van der Waals surface area contributed by atoms with Crippen LogP contribution in [0.3, 0.4) is 0 Å². The standard InChI is InChI=1S/C26H33N3O2/c1-21-9-11-22(12-10-21)19-29-20-23(24-6-2-3-7-25(24)29)5-4-8-26(30)27-13-14-28-15-17-31-18-16-28/h2-3,6-7,9-12,20H,4-5,8,13-19H2,1H3,(H,27,30). The molecule has 5 nitrogen and oxygen atoms in total. The van der Waals surface area contributed by atoms with Crippen molar-refractivity contribution in [1.29, 1.82) is 0 Å². The molecular formula is C26H33N3O2. The first-order valence-electron chi connectivity index (χ1n) is 11.4. The minimum Gasteiger partial charge on any atom is -0.379 e. The van der Waals surface area contributed by atoms with Gasteiger partial charge in [-0.1, -0.05) is 48.0 Å². The largest absolute Gasteiger partial charge is 0.379 e. The molecule has 31 heavy (non-hydrogen) atoms. The molecule has 4 rings (SSSR count). The van der Waals surface area contributed by atoms with E-state index in [-0.39, 0.29) is 5.91 Å². The number of nitrogens with zero attached hydrogens (tertiary/aromatic N) is 2. The lowest BCUT2D eigenvalue weighted by atomic mass is 10.1. The third kappa shape index (κ3) is 5.96. The van der Waals surface area contributed by atoms with Crippen LogP contribution < -0.4 is 5.32 Å². The Morgan fingerprint density at radius 3 is 2.65 bits per heavy atom. The molecule has 1 amide bonds. The van der Waals surface area contributed by atoms with E-state index in [1.54, 1.807) is 0 Å². The summed E-state index contributed by atoms with van der Waals surface area (Å²) in [5.74, 6) is 0.150. The second kappa shape index (κ2) is 10.6. The monoisotopic (exact) mass is 419 g/mol. The third-order valence-corrected chi connectivity index (χ3v) is 6.05. The predicted octanol–water partition coefficient (Wildman–Crippen LogP) is 3.77. The average molecular weight is 420 g/mol. The van der Waals surface area contributed by atoms with Crippen molar-refractivity contribution in [2.24, 2.45) is 0 Å². The molecule has 0 aliphatic carbocycles. The molecule has 0 unspecified atom stereocenters. The number of nitrogens with one attached hydrogen (secondary N) is 1. The predicted molar refractivity (Wildman–Crippen MR) is 125 cm³/mol. The summed E-state index contributed by atoms with van der Waals surface area (Å²) in [7, 11) is 0. The van der Waals surface area contributed by atoms with Crippen molar-refractivity contribution in [3.8, 4) is 0 Å². The molecule has 1 aliphatic heterocycles. The highest BCUT2D eigenvalue weighted by Crippen LogP contribution is 2.24. The summed E-state index contributed by atoms with van der Waals surface area (Å²) in [6.45, 7) is 8.12. The lowest BCUT2D eigenvalue weighted by molar-refractivity contribution is -0.121. The highest BCUT2D eigenvalue weighted by atomic mass is 16.5. The van der Waals surface area contributed by atoms with E-state index < -0.39 is 0 Å². The van der Waals surface area contributed by atoms with Gasteiger partial charge in [0.25, 0.3) is 0 Å². The minimum atomic E-state index is 0.150. The van der Waals surface area contributed by atoms with E-state index in [0.717, 1.165) is 52.2 Å². The van der Waals surface area contributed by atoms with Gasteiger partial charge in [0.05, 0.1) is 13.2 Å². The molecule has 0 spiro atoms. The van der Waals surface area contributed by atoms with Gasteiger partial charge in [-0.25, -0.2) is 0 Å². The van der Waals surface area contributed by atoms with E-state index in [1.807, 2.05) is 0 Å². The van der Waals surface area contributed by atoms with Gasteiger partial charge < -0.3 is 14.6 Å². The molecule has 1 saturated heterocycles. The number of morpholine rings is 1. The lowest BCUT2D eigenvalue weighted by Gasteiger charge is -2.26. The maximum atomic E-state index is 12.3. The van der Waals surface area contributed by atoms with E-state index in [2.05, 4.69) is 76.4 Å². The molecule has 164 valence electrons. The molecule has 1 N–H and O–H groups in total. The van der Waals surface area contributed by atoms with Gasteiger partial charge in [0.15, 0.2) is 0 Å². The third-order valence-electron chi connectivity index (χ3n) is 6.05. The molecule has 2 heterocycles. The summed E-state index contributed by atoms with van der Waals surface area (Å²) in [5.41, 5.74) is 5.17. The minimum absolute atomic E-state index is 0.150. The highest BCUT2D eigenvalue weighted by Gasteiger charge is 2.11. The van der Waals surface area contributed by atoms with Crippen molar-refractivity contribution in [2.75, 3.05) is 39.4 Å². The maximum absolute atomic E-state index is 12.3. The van der Waals surface area contributed by atoms with Gasteiger partial charge in [0, 0.05) is 56.2 Å². The Labute approximate surface area is 185 Å². The van der Waals surface area contributed by atoms with Crippen LogP contribution in [0, 0.1) is 6.92 Å². The van der Waals surface area contributed by atoms with Gasteiger partial charge in [-0.3, -0.25) is 9.69 Å². The topological polar surface area (TPSA) is 46.5 Å². The van der Waals surface area contributed by atoms with Crippen molar-refractivity contribution < 1.29 is 9.53 Å². The number of amides is 1. The number of para-hydroxylation sites is 1. The van der Waals surface area contributed by atoms with Crippen molar-refractivity contribution in [2.45, 2.75) is 32.7 Å². The number of carbonyl (C=O) groups excluding carboxylic acids is 1. The molecule has 1 aliphatic rings. The summed E-state index contributed by atoms with van der Waals surface area (Å²) in [5, 5.41) is 4.36. The number of benzene rings is 2. The molecule has 1 aromatic heterocycles. The zero-order valence-corrected chi connectivity index (χ0v) is 18.5. The van der Waals surface area contributed by atoms with Gasteiger partial charge in [0.1, 0.15) is 0 Å². The summed E-state index contributed by atoms with van der Waals surface area (Å²) >= 11 is 0. The highest BCUT2D eigenvalue weighted by molar-refractivity contribution is 5.84. The molecule has 2 aromatic carbocycles. The Morgan fingerprint density at radius 1 is 1.06 bits per heavy atom. The normalized spacial score (nSPS) is 14.7. The molecule has 0 atom stereocenters. The summed E-state index contributed by atoms with van der Waals surface area (Å²) < 4.78 is 7.69. The Balaban J connectivity index is 1.30. The fraction of sp³-hybridized carbons (Fsp3) is 0.423. The van der Waals surface area contributed by atoms with E-state index >= 15 is 0 Å². The first kappa shape index (κ1) is 21.6. The molecule has 0 radical (unpaired) electrons. The molecule has 5 heteroatoms. The lowest BCUT2D eigenvalue weighted by Crippen LogP contribution is -2.41. The smallest absolute Gasteiger partial charge is 0.220 e. The van der Waals surface area contributed by atoms with E-state index in [4.69, 9.17) is 4.74 Å². The van der Waals surface area contributed by atoms with Crippen LogP contribution in [-0.2, 0) is 22.5 Å². The summed E-state index contributed by atoms with van der Waals surface area (Å²) in [6, 6.07) is 17.3. The van der Waals surface area contributed by atoms with Crippen LogP contribution in [0.4, 0.5) is 0 Å². The zero-order chi connectivity index (χ0) is 21.5. The molecule has 0 saturated carbocycles. The molecular weight excluding hydrogens is 386 g/mol. The van der Waals surface area contributed by atoms with Crippen LogP contribution in [0.5, 0.6) is 0 Å². The Morgan fingerprint density at radius 2 is 1.84 bits per heavy atom. The van der Waals surface area contributed by atoms with Crippen molar-refractivity contribution in [3.63, 3.8) is 0 Å². The van der Waals surface area contributed by atoms with Gasteiger partial charge >= 0.3 is 0 Å². The fourth-order valence-corrected chi connectivity index (χ4v) is 4.25. The number of ether oxygens (including phenoxy) is 1. The summed E-state index contributed by atoms with van der Waals surface area (Å²) in [6.07, 6.45) is 4.61. The van der Waals surface area contributed by atoms with Crippen LogP contribution in [0.15, 0.2) is 54.7 Å². The van der Waals surface area contributed by atoms with Gasteiger partial charge in [-0.05, 0) is 37.0 Å². The Hall–Kier alpha value is -2.63. The van der Waals surface area contributed by atoms with Crippen LogP contribution >= 0.6 is 0 Å². The van der Waals surface area contributed by atoms with Crippen molar-refractivity contribution in [3.05, 3.63) is 71.4 Å². The molecule has 1 fully saturated rings. The number of fused-ring (bicyclic) bond motifs is 1. The van der Waals surface area contributed by atoms with Crippen LogP contribution in [0.25, 0.3) is 10.9 Å². The second-order valence-electron chi connectivity index (χ2n) is 8.44. The number of rotatable bonds is 9. The Kier molecular flexibility index (Phi) is 7.39. The van der Waals surface area contributed by atoms with Gasteiger partial charge in [-0.2, -0.15) is 0 Å². The van der Waals surface area contributed by atoms with E-state index in [9.17, 15) is 4.79 Å². The van der Waals surface area contributed by atoms with E-state index in [1.165, 1.54) is 27.6 Å². The molecule has 0 bridgehead atoms. The van der Waals surface area contributed by atoms with Crippen LogP contribution in [0.1, 0.15) is 29.5 Å². The second-order valence-corrected chi connectivity index (χ2v) is 8.44. The zero-order valence-electron chi connectivity index (χ0n) is 18.5. The average Bonchev–Trinajstić information content (AvgIpc) is 3.14. The molecule has 3 aromatic rings. The van der Waals surface area contributed by atoms with Crippen molar-refractivity contribution >= 4 is 16.8 Å². The first-order chi connectivity index (χ1) is 15.2.